The van der Waals surface area contributed by atoms with E-state index in [1.807, 2.05) is 37.7 Å². The molecule has 162 valence electrons. The molecule has 0 spiro atoms. The maximum atomic E-state index is 14.4. The van der Waals surface area contributed by atoms with E-state index in [9.17, 15) is 4.39 Å². The van der Waals surface area contributed by atoms with Gasteiger partial charge in [0.1, 0.15) is 17.7 Å². The Bertz CT molecular complexity index is 1330. The molecule has 4 aromatic rings. The lowest BCUT2D eigenvalue weighted by Gasteiger charge is -2.30. The summed E-state index contributed by atoms with van der Waals surface area (Å²) in [5.74, 6) is 0.298. The number of hydrogen-bond acceptors (Lipinski definition) is 7. The second-order valence-corrected chi connectivity index (χ2v) is 8.18. The molecular weight excluding hydrogens is 409 g/mol. The Labute approximate surface area is 184 Å². The van der Waals surface area contributed by atoms with E-state index in [0.717, 1.165) is 16.8 Å². The zero-order valence-electron chi connectivity index (χ0n) is 18.0. The molecule has 3 aromatic heterocycles. The second kappa shape index (κ2) is 7.37. The first kappa shape index (κ1) is 20.0. The van der Waals surface area contributed by atoms with Gasteiger partial charge in [-0.2, -0.15) is 10.2 Å². The molecule has 4 heterocycles. The number of anilines is 1. The molecule has 0 saturated carbocycles. The summed E-state index contributed by atoms with van der Waals surface area (Å²) in [6.45, 7) is 6.42. The highest BCUT2D eigenvalue weighted by Gasteiger charge is 2.31. The van der Waals surface area contributed by atoms with Crippen molar-refractivity contribution in [2.24, 2.45) is 0 Å². The minimum Gasteiger partial charge on any atom is -0.479 e. The predicted octanol–water partition coefficient (Wildman–Crippen LogP) is 3.76. The van der Waals surface area contributed by atoms with Crippen LogP contribution in [0.3, 0.4) is 0 Å². The van der Waals surface area contributed by atoms with E-state index in [1.165, 1.54) is 18.5 Å². The molecule has 0 atom stereocenters. The van der Waals surface area contributed by atoms with Crippen LogP contribution in [0.4, 0.5) is 10.2 Å². The van der Waals surface area contributed by atoms with Crippen LogP contribution in [0.1, 0.15) is 37.6 Å². The molecule has 1 aromatic carbocycles. The maximum absolute atomic E-state index is 14.4. The van der Waals surface area contributed by atoms with Crippen LogP contribution in [0.2, 0.25) is 0 Å². The molecule has 2 N–H and O–H groups in total. The van der Waals surface area contributed by atoms with Gasteiger partial charge in [0.05, 0.1) is 23.3 Å². The number of aryl methyl sites for hydroxylation is 1. The van der Waals surface area contributed by atoms with E-state index in [2.05, 4.69) is 25.3 Å². The number of rotatable bonds is 1. The standard InChI is InChI=1S/C23H22FN7O/c1-4-31-21-13(11-29-31)7-18-20(27-12-28-30-18)16-6-5-15(24)9-17(16)23(2,3)32-19-8-14(21)10-26-22(19)25/h5-6,8-12H,4,7H2,1-3H3,(H2,25,26). The van der Waals surface area contributed by atoms with Crippen LogP contribution in [0.5, 0.6) is 5.75 Å². The minimum absolute atomic E-state index is 0.255. The van der Waals surface area contributed by atoms with Crippen LogP contribution in [0.15, 0.2) is 43.0 Å². The second-order valence-electron chi connectivity index (χ2n) is 8.18. The van der Waals surface area contributed by atoms with Gasteiger partial charge in [-0.3, -0.25) is 4.68 Å². The maximum Gasteiger partial charge on any atom is 0.166 e. The first-order valence-corrected chi connectivity index (χ1v) is 10.3. The number of pyridine rings is 1. The number of halogens is 1. The van der Waals surface area contributed by atoms with Gasteiger partial charge in [-0.25, -0.2) is 14.4 Å². The third kappa shape index (κ3) is 3.26. The predicted molar refractivity (Wildman–Crippen MR) is 117 cm³/mol. The first-order valence-electron chi connectivity index (χ1n) is 10.3. The highest BCUT2D eigenvalue weighted by Crippen LogP contribution is 2.40. The Morgan fingerprint density at radius 3 is 2.84 bits per heavy atom. The van der Waals surface area contributed by atoms with Crippen LogP contribution in [0, 0.1) is 5.82 Å². The fourth-order valence-corrected chi connectivity index (χ4v) is 4.17. The SMILES string of the molecule is CCn1ncc2c1-c1cnc(N)c(c1)OC(C)(C)c1cc(F)ccc1-c1ncnnc1C2. The summed E-state index contributed by atoms with van der Waals surface area (Å²) in [6.07, 6.45) is 5.36. The Hall–Kier alpha value is -3.88. The number of nitrogens with two attached hydrogens (primary N) is 1. The number of hydrogen-bond donors (Lipinski definition) is 1. The molecule has 0 saturated heterocycles. The van der Waals surface area contributed by atoms with Gasteiger partial charge < -0.3 is 10.5 Å². The van der Waals surface area contributed by atoms with Crippen molar-refractivity contribution in [1.29, 1.82) is 0 Å². The Kier molecular flexibility index (Phi) is 4.61. The fraction of sp³-hybridized carbons (Fsp3) is 0.261. The van der Waals surface area contributed by atoms with E-state index in [-0.39, 0.29) is 11.6 Å². The van der Waals surface area contributed by atoms with Crippen LogP contribution in [-0.4, -0.2) is 29.9 Å². The molecule has 0 radical (unpaired) electrons. The normalized spacial score (nSPS) is 14.2. The lowest BCUT2D eigenvalue weighted by molar-refractivity contribution is 0.109. The summed E-state index contributed by atoms with van der Waals surface area (Å²) in [5, 5.41) is 12.9. The third-order valence-corrected chi connectivity index (χ3v) is 5.67. The Morgan fingerprint density at radius 2 is 2.03 bits per heavy atom. The number of ether oxygens (including phenoxy) is 1. The summed E-state index contributed by atoms with van der Waals surface area (Å²) in [5.41, 5.74) is 10.5. The summed E-state index contributed by atoms with van der Waals surface area (Å²) >= 11 is 0. The average molecular weight is 431 g/mol. The number of nitrogens with zero attached hydrogens (tertiary/aromatic N) is 6. The van der Waals surface area contributed by atoms with Crippen LogP contribution in [-0.2, 0) is 18.6 Å². The van der Waals surface area contributed by atoms with Gasteiger partial charge >= 0.3 is 0 Å². The molecule has 0 amide bonds. The third-order valence-electron chi connectivity index (χ3n) is 5.67. The zero-order chi connectivity index (χ0) is 22.5. The lowest BCUT2D eigenvalue weighted by atomic mass is 9.89. The van der Waals surface area contributed by atoms with Crippen molar-refractivity contribution in [2.75, 3.05) is 5.73 Å². The smallest absolute Gasteiger partial charge is 0.166 e. The van der Waals surface area contributed by atoms with Gasteiger partial charge in [0.25, 0.3) is 0 Å². The summed E-state index contributed by atoms with van der Waals surface area (Å²) in [6, 6.07) is 6.42. The van der Waals surface area contributed by atoms with Crippen LogP contribution >= 0.6 is 0 Å². The van der Waals surface area contributed by atoms with E-state index < -0.39 is 5.60 Å². The fourth-order valence-electron chi connectivity index (χ4n) is 4.17. The number of aromatic nitrogens is 6. The number of fused-ring (bicyclic) bond motifs is 7. The zero-order valence-corrected chi connectivity index (χ0v) is 18.0. The average Bonchev–Trinajstić information content (AvgIpc) is 3.17. The monoisotopic (exact) mass is 431 g/mol. The molecule has 8 nitrogen and oxygen atoms in total. The van der Waals surface area contributed by atoms with E-state index in [0.29, 0.717) is 41.2 Å². The highest BCUT2D eigenvalue weighted by atomic mass is 19.1. The van der Waals surface area contributed by atoms with Crippen molar-refractivity contribution in [3.8, 4) is 28.3 Å². The van der Waals surface area contributed by atoms with Crippen LogP contribution < -0.4 is 10.5 Å². The van der Waals surface area contributed by atoms with Crippen molar-refractivity contribution in [2.45, 2.75) is 39.3 Å². The van der Waals surface area contributed by atoms with Gasteiger partial charge in [0.2, 0.25) is 0 Å². The van der Waals surface area contributed by atoms with Crippen molar-refractivity contribution in [1.82, 2.24) is 29.9 Å². The molecule has 0 unspecified atom stereocenters. The van der Waals surface area contributed by atoms with Crippen LogP contribution in [0.25, 0.3) is 22.5 Å². The molecule has 0 fully saturated rings. The van der Waals surface area contributed by atoms with Crippen molar-refractivity contribution in [3.63, 3.8) is 0 Å². The number of benzene rings is 1. The van der Waals surface area contributed by atoms with Crippen molar-refractivity contribution in [3.05, 3.63) is 65.6 Å². The summed E-state index contributed by atoms with van der Waals surface area (Å²) < 4.78 is 22.6. The first-order chi connectivity index (χ1) is 15.4. The molecule has 0 aliphatic carbocycles. The molecule has 2 bridgehead atoms. The largest absolute Gasteiger partial charge is 0.479 e. The molecule has 5 rings (SSSR count). The van der Waals surface area contributed by atoms with Gasteiger partial charge in [0, 0.05) is 41.4 Å². The van der Waals surface area contributed by atoms with E-state index in [1.54, 1.807) is 12.3 Å². The van der Waals surface area contributed by atoms with Gasteiger partial charge in [-0.15, -0.1) is 5.10 Å². The molecule has 1 aliphatic rings. The lowest BCUT2D eigenvalue weighted by Crippen LogP contribution is -2.27. The molecule has 1 aliphatic heterocycles. The van der Waals surface area contributed by atoms with E-state index in [4.69, 9.17) is 10.5 Å². The minimum atomic E-state index is -0.943. The van der Waals surface area contributed by atoms with Crippen molar-refractivity contribution >= 4 is 5.82 Å². The topological polar surface area (TPSA) is 105 Å². The summed E-state index contributed by atoms with van der Waals surface area (Å²) in [4.78, 5) is 8.88. The summed E-state index contributed by atoms with van der Waals surface area (Å²) in [7, 11) is 0. The van der Waals surface area contributed by atoms with Gasteiger partial charge in [0.15, 0.2) is 11.6 Å². The highest BCUT2D eigenvalue weighted by molar-refractivity contribution is 5.71. The van der Waals surface area contributed by atoms with E-state index >= 15 is 0 Å². The van der Waals surface area contributed by atoms with Gasteiger partial charge in [-0.05, 0) is 45.0 Å². The molecule has 9 heteroatoms. The molecule has 32 heavy (non-hydrogen) atoms. The van der Waals surface area contributed by atoms with Crippen molar-refractivity contribution < 1.29 is 9.13 Å². The number of nitrogen functional groups attached to an aromatic ring is 1. The Balaban J connectivity index is 1.85. The van der Waals surface area contributed by atoms with Gasteiger partial charge in [-0.1, -0.05) is 0 Å². The molecular formula is C23H22FN7O. The quantitative estimate of drug-likeness (QED) is 0.489. The Morgan fingerprint density at radius 1 is 1.19 bits per heavy atom.